The van der Waals surface area contributed by atoms with Crippen molar-refractivity contribution in [2.75, 3.05) is 18.9 Å². The smallest absolute Gasteiger partial charge is 0.338 e. The Bertz CT molecular complexity index is 587. The fourth-order valence-corrected chi connectivity index (χ4v) is 1.73. The third-order valence-electron chi connectivity index (χ3n) is 2.56. The summed E-state index contributed by atoms with van der Waals surface area (Å²) in [6.45, 7) is 0.453. The molecule has 0 heterocycles. The summed E-state index contributed by atoms with van der Waals surface area (Å²) in [6, 6.07) is 13.9. The molecule has 0 amide bonds. The maximum atomic E-state index is 11.7. The summed E-state index contributed by atoms with van der Waals surface area (Å²) in [6.07, 6.45) is 0. The van der Waals surface area contributed by atoms with Crippen molar-refractivity contribution in [1.29, 1.82) is 0 Å². The molecular weight excluding hydrogens is 278 g/mol. The van der Waals surface area contributed by atoms with Crippen LogP contribution in [0.2, 0.25) is 5.02 Å². The van der Waals surface area contributed by atoms with Crippen LogP contribution in [0.5, 0.6) is 5.75 Å². The molecular formula is C15H14ClNO3. The minimum atomic E-state index is -0.455. The Labute approximate surface area is 122 Å². The fraction of sp³-hybridized carbons (Fsp3) is 0.133. The molecule has 0 spiro atoms. The van der Waals surface area contributed by atoms with Crippen LogP contribution in [0.4, 0.5) is 5.69 Å². The Balaban J connectivity index is 1.79. The second-order valence-electron chi connectivity index (χ2n) is 4.03. The van der Waals surface area contributed by atoms with Crippen molar-refractivity contribution in [1.82, 2.24) is 0 Å². The predicted octanol–water partition coefficient (Wildman–Crippen LogP) is 3.16. The van der Waals surface area contributed by atoms with Crippen molar-refractivity contribution in [3.8, 4) is 5.75 Å². The molecule has 5 heteroatoms. The van der Waals surface area contributed by atoms with Gasteiger partial charge < -0.3 is 15.2 Å². The number of halogens is 1. The van der Waals surface area contributed by atoms with Crippen LogP contribution in [0, 0.1) is 0 Å². The minimum absolute atomic E-state index is 0.162. The van der Waals surface area contributed by atoms with Crippen LogP contribution in [0.15, 0.2) is 48.5 Å². The third-order valence-corrected chi connectivity index (χ3v) is 2.89. The molecule has 0 atom stereocenters. The molecule has 0 fully saturated rings. The van der Waals surface area contributed by atoms with E-state index in [4.69, 9.17) is 26.8 Å². The standard InChI is InChI=1S/C15H14ClNO3/c16-13-10-11(6-7-14(13)17)15(18)20-9-8-19-12-4-2-1-3-5-12/h1-7,10H,8-9,17H2. The van der Waals surface area contributed by atoms with Gasteiger partial charge in [0.05, 0.1) is 16.3 Å². The quantitative estimate of drug-likeness (QED) is 0.522. The van der Waals surface area contributed by atoms with Crippen LogP contribution in [0.25, 0.3) is 0 Å². The number of esters is 1. The molecule has 0 saturated heterocycles. The largest absolute Gasteiger partial charge is 0.490 e. The monoisotopic (exact) mass is 291 g/mol. The summed E-state index contributed by atoms with van der Waals surface area (Å²) in [5, 5.41) is 0.333. The molecule has 2 rings (SSSR count). The first-order valence-electron chi connectivity index (χ1n) is 6.07. The van der Waals surface area contributed by atoms with E-state index in [1.54, 1.807) is 12.1 Å². The predicted molar refractivity (Wildman–Crippen MR) is 78.1 cm³/mol. The van der Waals surface area contributed by atoms with E-state index in [-0.39, 0.29) is 6.61 Å². The average molecular weight is 292 g/mol. The van der Waals surface area contributed by atoms with Gasteiger partial charge in [-0.1, -0.05) is 29.8 Å². The second-order valence-corrected chi connectivity index (χ2v) is 4.44. The third kappa shape index (κ3) is 3.90. The highest BCUT2D eigenvalue weighted by Gasteiger charge is 2.08. The maximum Gasteiger partial charge on any atom is 0.338 e. The Hall–Kier alpha value is -2.20. The van der Waals surface area contributed by atoms with Crippen LogP contribution in [-0.2, 0) is 4.74 Å². The van der Waals surface area contributed by atoms with Gasteiger partial charge in [-0.05, 0) is 30.3 Å². The molecule has 2 aromatic rings. The van der Waals surface area contributed by atoms with Crippen molar-refractivity contribution in [3.63, 3.8) is 0 Å². The van der Waals surface area contributed by atoms with Gasteiger partial charge in [0, 0.05) is 0 Å². The van der Waals surface area contributed by atoms with Gasteiger partial charge >= 0.3 is 5.97 Å². The lowest BCUT2D eigenvalue weighted by Gasteiger charge is -2.08. The SMILES string of the molecule is Nc1ccc(C(=O)OCCOc2ccccc2)cc1Cl. The molecule has 104 valence electrons. The van der Waals surface area contributed by atoms with E-state index in [0.717, 1.165) is 5.75 Å². The molecule has 0 unspecified atom stereocenters. The molecule has 0 saturated carbocycles. The number of nitrogens with two attached hydrogens (primary N) is 1. The van der Waals surface area contributed by atoms with Crippen molar-refractivity contribution < 1.29 is 14.3 Å². The number of benzene rings is 2. The van der Waals surface area contributed by atoms with Crippen LogP contribution >= 0.6 is 11.6 Å². The number of carbonyl (C=O) groups excluding carboxylic acids is 1. The first-order valence-corrected chi connectivity index (χ1v) is 6.44. The summed E-state index contributed by atoms with van der Waals surface area (Å²) in [5.41, 5.74) is 6.36. The maximum absolute atomic E-state index is 11.7. The highest BCUT2D eigenvalue weighted by atomic mass is 35.5. The average Bonchev–Trinajstić information content (AvgIpc) is 2.47. The van der Waals surface area contributed by atoms with Gasteiger partial charge in [0.15, 0.2) is 0 Å². The van der Waals surface area contributed by atoms with Gasteiger partial charge in [0.2, 0.25) is 0 Å². The second kappa shape index (κ2) is 6.82. The van der Waals surface area contributed by atoms with E-state index >= 15 is 0 Å². The molecule has 20 heavy (non-hydrogen) atoms. The fourth-order valence-electron chi connectivity index (χ4n) is 1.55. The van der Waals surface area contributed by atoms with Crippen molar-refractivity contribution in [2.45, 2.75) is 0 Å². The molecule has 2 N–H and O–H groups in total. The zero-order chi connectivity index (χ0) is 14.4. The first kappa shape index (κ1) is 14.2. The summed E-state index contributed by atoms with van der Waals surface area (Å²) in [5.74, 6) is 0.280. The summed E-state index contributed by atoms with van der Waals surface area (Å²) in [7, 11) is 0. The van der Waals surface area contributed by atoms with E-state index < -0.39 is 5.97 Å². The number of nitrogen functional groups attached to an aromatic ring is 1. The summed E-state index contributed by atoms with van der Waals surface area (Å²) < 4.78 is 10.5. The van der Waals surface area contributed by atoms with Gasteiger partial charge in [-0.2, -0.15) is 0 Å². The molecule has 0 radical (unpaired) electrons. The Morgan fingerprint density at radius 2 is 1.85 bits per heavy atom. The summed E-state index contributed by atoms with van der Waals surface area (Å²) in [4.78, 5) is 11.7. The summed E-state index contributed by atoms with van der Waals surface area (Å²) >= 11 is 5.84. The Morgan fingerprint density at radius 1 is 1.10 bits per heavy atom. The van der Waals surface area contributed by atoms with Gasteiger partial charge in [0.1, 0.15) is 19.0 Å². The topological polar surface area (TPSA) is 61.6 Å². The lowest BCUT2D eigenvalue weighted by molar-refractivity contribution is 0.0450. The van der Waals surface area contributed by atoms with E-state index in [9.17, 15) is 4.79 Å². The molecule has 0 bridgehead atoms. The van der Waals surface area contributed by atoms with Crippen molar-refractivity contribution >= 4 is 23.3 Å². The van der Waals surface area contributed by atoms with Gasteiger partial charge in [-0.15, -0.1) is 0 Å². The molecule has 0 aliphatic heterocycles. The van der Waals surface area contributed by atoms with Crippen molar-refractivity contribution in [2.24, 2.45) is 0 Å². The van der Waals surface area contributed by atoms with E-state index in [1.807, 2.05) is 30.3 Å². The minimum Gasteiger partial charge on any atom is -0.490 e. The number of rotatable bonds is 5. The molecule has 4 nitrogen and oxygen atoms in total. The molecule has 0 aliphatic rings. The Morgan fingerprint density at radius 3 is 2.55 bits per heavy atom. The first-order chi connectivity index (χ1) is 9.66. The molecule has 0 aliphatic carbocycles. The lowest BCUT2D eigenvalue weighted by Crippen LogP contribution is -2.12. The lowest BCUT2D eigenvalue weighted by atomic mass is 10.2. The van der Waals surface area contributed by atoms with Crippen LogP contribution in [-0.4, -0.2) is 19.2 Å². The normalized spacial score (nSPS) is 10.1. The van der Waals surface area contributed by atoms with Crippen LogP contribution in [0.3, 0.4) is 0 Å². The number of ether oxygens (including phenoxy) is 2. The Kier molecular flexibility index (Phi) is 4.85. The van der Waals surface area contributed by atoms with Gasteiger partial charge in [0.25, 0.3) is 0 Å². The van der Waals surface area contributed by atoms with E-state index in [1.165, 1.54) is 6.07 Å². The highest BCUT2D eigenvalue weighted by Crippen LogP contribution is 2.20. The number of hydrogen-bond donors (Lipinski definition) is 1. The van der Waals surface area contributed by atoms with E-state index in [2.05, 4.69) is 0 Å². The van der Waals surface area contributed by atoms with Crippen LogP contribution < -0.4 is 10.5 Å². The van der Waals surface area contributed by atoms with Gasteiger partial charge in [-0.3, -0.25) is 0 Å². The number of anilines is 1. The number of para-hydroxylation sites is 1. The number of hydrogen-bond acceptors (Lipinski definition) is 4. The number of carbonyl (C=O) groups is 1. The van der Waals surface area contributed by atoms with Gasteiger partial charge in [-0.25, -0.2) is 4.79 Å². The van der Waals surface area contributed by atoms with E-state index in [0.29, 0.717) is 22.9 Å². The highest BCUT2D eigenvalue weighted by molar-refractivity contribution is 6.33. The molecule has 2 aromatic carbocycles. The van der Waals surface area contributed by atoms with Crippen molar-refractivity contribution in [3.05, 3.63) is 59.1 Å². The van der Waals surface area contributed by atoms with Crippen LogP contribution in [0.1, 0.15) is 10.4 Å². The molecule has 0 aromatic heterocycles. The zero-order valence-electron chi connectivity index (χ0n) is 10.7. The zero-order valence-corrected chi connectivity index (χ0v) is 11.5.